The fraction of sp³-hybridized carbons (Fsp3) is 0.579. The molecule has 1 saturated carbocycles. The van der Waals surface area contributed by atoms with E-state index in [9.17, 15) is 9.59 Å². The minimum absolute atomic E-state index is 0.00803. The van der Waals surface area contributed by atoms with E-state index in [1.165, 1.54) is 19.3 Å². The topological polar surface area (TPSA) is 46.2 Å². The van der Waals surface area contributed by atoms with Crippen molar-refractivity contribution in [3.05, 3.63) is 22.2 Å². The van der Waals surface area contributed by atoms with Gasteiger partial charge in [-0.25, -0.2) is 0 Å². The highest BCUT2D eigenvalue weighted by atomic mass is 35.5. The van der Waals surface area contributed by atoms with Gasteiger partial charge in [-0.05, 0) is 42.7 Å². The van der Waals surface area contributed by atoms with E-state index < -0.39 is 5.41 Å². The SMILES string of the molecule is CC(C)(C)C(=O)Sc1cc(Cl)c(Cl)cc1NC(=O)CC1CCCCC1. The van der Waals surface area contributed by atoms with Crippen LogP contribution in [-0.2, 0) is 9.59 Å². The lowest BCUT2D eigenvalue weighted by Gasteiger charge is -2.21. The summed E-state index contributed by atoms with van der Waals surface area (Å²) in [6, 6.07) is 3.27. The third-order valence-electron chi connectivity index (χ3n) is 4.31. The van der Waals surface area contributed by atoms with Gasteiger partial charge < -0.3 is 5.32 Å². The Hall–Kier alpha value is -0.710. The first-order valence-corrected chi connectivity index (χ1v) is 10.2. The van der Waals surface area contributed by atoms with Gasteiger partial charge in [0.1, 0.15) is 0 Å². The minimum atomic E-state index is -0.486. The van der Waals surface area contributed by atoms with Crippen LogP contribution < -0.4 is 5.32 Å². The lowest BCUT2D eigenvalue weighted by atomic mass is 9.87. The van der Waals surface area contributed by atoms with E-state index in [1.54, 1.807) is 12.1 Å². The predicted molar refractivity (Wildman–Crippen MR) is 107 cm³/mol. The number of halogens is 2. The molecule has 0 spiro atoms. The Morgan fingerprint density at radius 3 is 2.32 bits per heavy atom. The Kier molecular flexibility index (Phi) is 7.24. The van der Waals surface area contributed by atoms with Crippen LogP contribution >= 0.6 is 35.0 Å². The van der Waals surface area contributed by atoms with E-state index in [4.69, 9.17) is 23.2 Å². The van der Waals surface area contributed by atoms with Gasteiger partial charge in [-0.1, -0.05) is 63.2 Å². The molecule has 0 bridgehead atoms. The molecule has 1 aliphatic carbocycles. The van der Waals surface area contributed by atoms with Crippen molar-refractivity contribution >= 4 is 51.7 Å². The Morgan fingerprint density at radius 1 is 1.12 bits per heavy atom. The molecule has 0 aromatic heterocycles. The minimum Gasteiger partial charge on any atom is -0.325 e. The van der Waals surface area contributed by atoms with Crippen molar-refractivity contribution < 1.29 is 9.59 Å². The van der Waals surface area contributed by atoms with Crippen LogP contribution in [0.2, 0.25) is 10.0 Å². The zero-order valence-electron chi connectivity index (χ0n) is 15.0. The molecule has 1 N–H and O–H groups in total. The van der Waals surface area contributed by atoms with Crippen LogP contribution in [0.5, 0.6) is 0 Å². The Labute approximate surface area is 164 Å². The van der Waals surface area contributed by atoms with E-state index in [0.717, 1.165) is 24.6 Å². The summed E-state index contributed by atoms with van der Waals surface area (Å²) in [5, 5.41) is 3.67. The molecule has 3 nitrogen and oxygen atoms in total. The van der Waals surface area contributed by atoms with Gasteiger partial charge in [0, 0.05) is 16.7 Å². The Balaban J connectivity index is 2.13. The molecule has 0 saturated heterocycles. The Morgan fingerprint density at radius 2 is 1.72 bits per heavy atom. The zero-order chi connectivity index (χ0) is 18.6. The summed E-state index contributed by atoms with van der Waals surface area (Å²) in [4.78, 5) is 25.4. The summed E-state index contributed by atoms with van der Waals surface area (Å²) >= 11 is 13.3. The molecular formula is C19H25Cl2NO2S. The van der Waals surface area contributed by atoms with Crippen LogP contribution in [0.4, 0.5) is 5.69 Å². The van der Waals surface area contributed by atoms with E-state index in [-0.39, 0.29) is 11.0 Å². The van der Waals surface area contributed by atoms with Crippen LogP contribution in [0, 0.1) is 11.3 Å². The first kappa shape index (κ1) is 20.6. The van der Waals surface area contributed by atoms with Crippen LogP contribution in [0.1, 0.15) is 59.3 Å². The average molecular weight is 402 g/mol. The summed E-state index contributed by atoms with van der Waals surface area (Å²) in [5.74, 6) is 0.416. The van der Waals surface area contributed by atoms with Gasteiger partial charge in [0.25, 0.3) is 0 Å². The van der Waals surface area contributed by atoms with Crippen molar-refractivity contribution in [3.63, 3.8) is 0 Å². The first-order valence-electron chi connectivity index (χ1n) is 8.68. The number of benzene rings is 1. The van der Waals surface area contributed by atoms with Gasteiger partial charge in [-0.2, -0.15) is 0 Å². The Bertz CT molecular complexity index is 650. The molecule has 0 atom stereocenters. The number of thioether (sulfide) groups is 1. The average Bonchev–Trinajstić information content (AvgIpc) is 2.52. The van der Waals surface area contributed by atoms with Crippen molar-refractivity contribution in [2.45, 2.75) is 64.2 Å². The monoisotopic (exact) mass is 401 g/mol. The number of hydrogen-bond donors (Lipinski definition) is 1. The molecule has 138 valence electrons. The highest BCUT2D eigenvalue weighted by Crippen LogP contribution is 2.38. The van der Waals surface area contributed by atoms with Gasteiger partial charge >= 0.3 is 0 Å². The van der Waals surface area contributed by atoms with E-state index in [0.29, 0.717) is 33.0 Å². The number of hydrogen-bond acceptors (Lipinski definition) is 3. The lowest BCUT2D eigenvalue weighted by molar-refractivity contribution is -0.118. The molecule has 25 heavy (non-hydrogen) atoms. The molecular weight excluding hydrogens is 377 g/mol. The molecule has 0 radical (unpaired) electrons. The summed E-state index contributed by atoms with van der Waals surface area (Å²) in [6.07, 6.45) is 6.40. The van der Waals surface area contributed by atoms with Crippen LogP contribution in [0.25, 0.3) is 0 Å². The largest absolute Gasteiger partial charge is 0.325 e. The number of anilines is 1. The second-order valence-electron chi connectivity index (χ2n) is 7.66. The summed E-state index contributed by atoms with van der Waals surface area (Å²) < 4.78 is 0. The highest BCUT2D eigenvalue weighted by molar-refractivity contribution is 8.13. The molecule has 0 unspecified atom stereocenters. The zero-order valence-corrected chi connectivity index (χ0v) is 17.3. The molecule has 1 amide bonds. The third kappa shape index (κ3) is 6.19. The fourth-order valence-electron chi connectivity index (χ4n) is 2.82. The van der Waals surface area contributed by atoms with Gasteiger partial charge in [0.15, 0.2) is 5.12 Å². The smallest absolute Gasteiger partial charge is 0.224 e. The molecule has 1 fully saturated rings. The summed E-state index contributed by atoms with van der Waals surface area (Å²) in [5.41, 5.74) is 0.0676. The standard InChI is InChI=1S/C19H25Cl2NO2S/c1-19(2,3)18(24)25-16-11-14(21)13(20)10-15(16)22-17(23)9-12-7-5-4-6-8-12/h10-12H,4-9H2,1-3H3,(H,22,23). The van der Waals surface area contributed by atoms with Crippen molar-refractivity contribution in [1.29, 1.82) is 0 Å². The van der Waals surface area contributed by atoms with Crippen molar-refractivity contribution in [3.8, 4) is 0 Å². The molecule has 1 aliphatic rings. The van der Waals surface area contributed by atoms with Crippen molar-refractivity contribution in [1.82, 2.24) is 0 Å². The second-order valence-corrected chi connectivity index (χ2v) is 9.49. The number of carbonyl (C=O) groups excluding carboxylic acids is 2. The van der Waals surface area contributed by atoms with Crippen LogP contribution in [0.3, 0.4) is 0 Å². The molecule has 0 aliphatic heterocycles. The molecule has 0 heterocycles. The van der Waals surface area contributed by atoms with Gasteiger partial charge in [0.05, 0.1) is 15.7 Å². The van der Waals surface area contributed by atoms with E-state index >= 15 is 0 Å². The van der Waals surface area contributed by atoms with Crippen LogP contribution in [0.15, 0.2) is 17.0 Å². The fourth-order valence-corrected chi connectivity index (χ4v) is 4.11. The number of nitrogens with one attached hydrogen (secondary N) is 1. The van der Waals surface area contributed by atoms with E-state index in [1.807, 2.05) is 20.8 Å². The number of amides is 1. The van der Waals surface area contributed by atoms with Gasteiger partial charge in [-0.3, -0.25) is 9.59 Å². The number of rotatable bonds is 4. The van der Waals surface area contributed by atoms with Crippen molar-refractivity contribution in [2.75, 3.05) is 5.32 Å². The summed E-state index contributed by atoms with van der Waals surface area (Å²) in [7, 11) is 0. The molecule has 2 rings (SSSR count). The normalized spacial score (nSPS) is 15.9. The maximum absolute atomic E-state index is 12.4. The number of carbonyl (C=O) groups is 2. The van der Waals surface area contributed by atoms with E-state index in [2.05, 4.69) is 5.32 Å². The first-order chi connectivity index (χ1) is 11.7. The third-order valence-corrected chi connectivity index (χ3v) is 6.39. The summed E-state index contributed by atoms with van der Waals surface area (Å²) in [6.45, 7) is 5.59. The molecule has 1 aromatic carbocycles. The predicted octanol–water partition coefficient (Wildman–Crippen LogP) is 6.57. The maximum Gasteiger partial charge on any atom is 0.224 e. The van der Waals surface area contributed by atoms with Gasteiger partial charge in [0.2, 0.25) is 5.91 Å². The van der Waals surface area contributed by atoms with Crippen LogP contribution in [-0.4, -0.2) is 11.0 Å². The quantitative estimate of drug-likeness (QED) is 0.580. The molecule has 6 heteroatoms. The molecule has 1 aromatic rings. The maximum atomic E-state index is 12.4. The highest BCUT2D eigenvalue weighted by Gasteiger charge is 2.25. The van der Waals surface area contributed by atoms with Gasteiger partial charge in [-0.15, -0.1) is 0 Å². The second kappa shape index (κ2) is 8.79. The lowest BCUT2D eigenvalue weighted by Crippen LogP contribution is -2.19. The van der Waals surface area contributed by atoms with Crippen molar-refractivity contribution in [2.24, 2.45) is 11.3 Å².